The van der Waals surface area contributed by atoms with Gasteiger partial charge in [0.2, 0.25) is 0 Å². The molecule has 12 heavy (non-hydrogen) atoms. The van der Waals surface area contributed by atoms with Gasteiger partial charge in [-0.15, -0.1) is 12.4 Å². The molecule has 0 atom stereocenters. The number of Topliss-reactive ketones (excluding diaryl/α,β-unsaturated/α-hetero) is 1. The smallest absolute Gasteiger partial charge is 0.188 e. The Morgan fingerprint density at radius 1 is 1.33 bits per heavy atom. The number of ether oxygens (including phenoxy) is 1. The van der Waals surface area contributed by atoms with Gasteiger partial charge in [-0.05, 0) is 0 Å². The van der Waals surface area contributed by atoms with E-state index in [2.05, 4.69) is 0 Å². The van der Waals surface area contributed by atoms with E-state index in [1.807, 2.05) is 18.2 Å². The Hall–Kier alpha value is -0.860. The predicted octanol–water partition coefficient (Wildman–Crippen LogP) is 1.94. The average Bonchev–Trinajstić information content (AvgIpc) is 2.07. The molecule has 0 amide bonds. The molecule has 1 aromatic carbocycles. The van der Waals surface area contributed by atoms with Crippen LogP contribution >= 0.6 is 12.4 Å². The van der Waals surface area contributed by atoms with Crippen molar-refractivity contribution in [2.75, 3.05) is 13.7 Å². The lowest BCUT2D eigenvalue weighted by Gasteiger charge is -1.97. The molecule has 66 valence electrons. The second-order valence-corrected chi connectivity index (χ2v) is 2.22. The van der Waals surface area contributed by atoms with Crippen LogP contribution in [0.1, 0.15) is 10.4 Å². The largest absolute Gasteiger partial charge is 0.377 e. The molecular weight excluding hydrogens is 176 g/mol. The van der Waals surface area contributed by atoms with Crippen molar-refractivity contribution in [3.8, 4) is 0 Å². The lowest BCUT2D eigenvalue weighted by Crippen LogP contribution is -2.06. The van der Waals surface area contributed by atoms with Gasteiger partial charge in [0.15, 0.2) is 5.78 Å². The summed E-state index contributed by atoms with van der Waals surface area (Å²) in [5.41, 5.74) is 0.703. The molecule has 0 aliphatic rings. The Balaban J connectivity index is 0.00000121. The molecule has 0 heterocycles. The normalized spacial score (nSPS) is 8.75. The highest BCUT2D eigenvalue weighted by molar-refractivity contribution is 5.96. The lowest BCUT2D eigenvalue weighted by atomic mass is 10.1. The van der Waals surface area contributed by atoms with E-state index < -0.39 is 0 Å². The predicted molar refractivity (Wildman–Crippen MR) is 49.9 cm³/mol. The van der Waals surface area contributed by atoms with E-state index in [1.54, 1.807) is 12.1 Å². The number of carbonyl (C=O) groups is 1. The van der Waals surface area contributed by atoms with Crippen LogP contribution in [0.5, 0.6) is 0 Å². The Morgan fingerprint density at radius 3 is 2.42 bits per heavy atom. The monoisotopic (exact) mass is 186 g/mol. The van der Waals surface area contributed by atoms with Gasteiger partial charge >= 0.3 is 0 Å². The highest BCUT2D eigenvalue weighted by Crippen LogP contribution is 1.99. The zero-order valence-corrected chi connectivity index (χ0v) is 7.64. The number of hydrogen-bond donors (Lipinski definition) is 0. The van der Waals surface area contributed by atoms with Gasteiger partial charge in [-0.25, -0.2) is 0 Å². The van der Waals surface area contributed by atoms with Crippen LogP contribution in [0.25, 0.3) is 0 Å². The summed E-state index contributed by atoms with van der Waals surface area (Å²) in [6, 6.07) is 9.11. The second kappa shape index (κ2) is 5.75. The van der Waals surface area contributed by atoms with Crippen LogP contribution in [0.15, 0.2) is 30.3 Å². The van der Waals surface area contributed by atoms with Crippen LogP contribution in [-0.2, 0) is 4.74 Å². The van der Waals surface area contributed by atoms with Gasteiger partial charge in [-0.3, -0.25) is 4.79 Å². The van der Waals surface area contributed by atoms with Crippen LogP contribution in [0.3, 0.4) is 0 Å². The van der Waals surface area contributed by atoms with Crippen molar-refractivity contribution < 1.29 is 9.53 Å². The first-order valence-electron chi connectivity index (χ1n) is 3.42. The molecule has 0 unspecified atom stereocenters. The Morgan fingerprint density at radius 2 is 1.92 bits per heavy atom. The first-order valence-corrected chi connectivity index (χ1v) is 3.42. The first kappa shape index (κ1) is 11.1. The fourth-order valence-corrected chi connectivity index (χ4v) is 0.838. The first-order chi connectivity index (χ1) is 5.34. The van der Waals surface area contributed by atoms with E-state index in [4.69, 9.17) is 4.74 Å². The maximum atomic E-state index is 11.1. The van der Waals surface area contributed by atoms with Gasteiger partial charge in [-0.1, -0.05) is 30.3 Å². The topological polar surface area (TPSA) is 26.3 Å². The molecule has 0 aliphatic heterocycles. The summed E-state index contributed by atoms with van der Waals surface area (Å²) in [4.78, 5) is 11.1. The standard InChI is InChI=1S/C9H10O2.ClH/c1-11-7-9(10)8-5-3-2-4-6-8;/h2-6H,7H2,1H3;1H. The summed E-state index contributed by atoms with van der Waals surface area (Å²) in [6.45, 7) is 0.157. The van der Waals surface area contributed by atoms with E-state index in [-0.39, 0.29) is 24.8 Å². The van der Waals surface area contributed by atoms with Crippen LogP contribution in [0.2, 0.25) is 0 Å². The number of halogens is 1. The van der Waals surface area contributed by atoms with E-state index in [9.17, 15) is 4.79 Å². The Bertz CT molecular complexity index is 234. The third-order valence-corrected chi connectivity index (χ3v) is 1.37. The highest BCUT2D eigenvalue weighted by atomic mass is 35.5. The van der Waals surface area contributed by atoms with E-state index in [0.717, 1.165) is 0 Å². The van der Waals surface area contributed by atoms with Crippen molar-refractivity contribution in [3.63, 3.8) is 0 Å². The number of hydrogen-bond acceptors (Lipinski definition) is 2. The number of ketones is 1. The van der Waals surface area contributed by atoms with E-state index >= 15 is 0 Å². The molecule has 1 rings (SSSR count). The minimum Gasteiger partial charge on any atom is -0.377 e. The average molecular weight is 187 g/mol. The summed E-state index contributed by atoms with van der Waals surface area (Å²) in [6.07, 6.45) is 0. The molecular formula is C9H11ClO2. The SMILES string of the molecule is COCC(=O)c1ccccc1.Cl. The van der Waals surface area contributed by atoms with Crippen LogP contribution in [-0.4, -0.2) is 19.5 Å². The van der Waals surface area contributed by atoms with Crippen molar-refractivity contribution in [1.82, 2.24) is 0 Å². The molecule has 0 saturated carbocycles. The minimum absolute atomic E-state index is 0. The Kier molecular flexibility index (Phi) is 5.34. The molecule has 0 radical (unpaired) electrons. The molecule has 0 aliphatic carbocycles. The number of carbonyl (C=O) groups excluding carboxylic acids is 1. The van der Waals surface area contributed by atoms with Gasteiger partial charge in [0.25, 0.3) is 0 Å². The number of methoxy groups -OCH3 is 1. The van der Waals surface area contributed by atoms with Crippen molar-refractivity contribution in [3.05, 3.63) is 35.9 Å². The second-order valence-electron chi connectivity index (χ2n) is 2.22. The van der Waals surface area contributed by atoms with E-state index in [0.29, 0.717) is 5.56 Å². The zero-order valence-electron chi connectivity index (χ0n) is 6.82. The molecule has 0 spiro atoms. The molecule has 0 bridgehead atoms. The fourth-order valence-electron chi connectivity index (χ4n) is 0.838. The van der Waals surface area contributed by atoms with Crippen molar-refractivity contribution in [2.45, 2.75) is 0 Å². The minimum atomic E-state index is 0. The van der Waals surface area contributed by atoms with E-state index in [1.165, 1.54) is 7.11 Å². The maximum Gasteiger partial charge on any atom is 0.188 e. The van der Waals surface area contributed by atoms with Gasteiger partial charge in [-0.2, -0.15) is 0 Å². The summed E-state index contributed by atoms with van der Waals surface area (Å²) >= 11 is 0. The number of rotatable bonds is 3. The number of benzene rings is 1. The van der Waals surface area contributed by atoms with Gasteiger partial charge in [0.05, 0.1) is 0 Å². The van der Waals surface area contributed by atoms with Crippen LogP contribution < -0.4 is 0 Å². The summed E-state index contributed by atoms with van der Waals surface area (Å²) in [7, 11) is 1.51. The molecule has 1 aromatic rings. The molecule has 0 saturated heterocycles. The third-order valence-electron chi connectivity index (χ3n) is 1.37. The van der Waals surface area contributed by atoms with Crippen molar-refractivity contribution in [2.24, 2.45) is 0 Å². The van der Waals surface area contributed by atoms with Gasteiger partial charge in [0.1, 0.15) is 6.61 Å². The van der Waals surface area contributed by atoms with Crippen LogP contribution in [0, 0.1) is 0 Å². The Labute approximate surface area is 78.0 Å². The molecule has 2 nitrogen and oxygen atoms in total. The maximum absolute atomic E-state index is 11.1. The van der Waals surface area contributed by atoms with Crippen LogP contribution in [0.4, 0.5) is 0 Å². The molecule has 0 N–H and O–H groups in total. The third kappa shape index (κ3) is 3.03. The molecule has 0 fully saturated rings. The fraction of sp³-hybridized carbons (Fsp3) is 0.222. The van der Waals surface area contributed by atoms with Gasteiger partial charge < -0.3 is 4.74 Å². The zero-order chi connectivity index (χ0) is 8.10. The highest BCUT2D eigenvalue weighted by Gasteiger charge is 2.01. The summed E-state index contributed by atoms with van der Waals surface area (Å²) < 4.78 is 4.71. The van der Waals surface area contributed by atoms with Gasteiger partial charge in [0, 0.05) is 12.7 Å². The lowest BCUT2D eigenvalue weighted by molar-refractivity contribution is 0.0848. The van der Waals surface area contributed by atoms with Crippen molar-refractivity contribution >= 4 is 18.2 Å². The molecule has 0 aromatic heterocycles. The summed E-state index contributed by atoms with van der Waals surface area (Å²) in [5.74, 6) is 0.0214. The van der Waals surface area contributed by atoms with Crippen molar-refractivity contribution in [1.29, 1.82) is 0 Å². The summed E-state index contributed by atoms with van der Waals surface area (Å²) in [5, 5.41) is 0. The molecule has 3 heteroatoms. The quantitative estimate of drug-likeness (QED) is 0.675.